The van der Waals surface area contributed by atoms with Crippen LogP contribution < -0.4 is 9.62 Å². The summed E-state index contributed by atoms with van der Waals surface area (Å²) in [6, 6.07) is 33.5. The lowest BCUT2D eigenvalue weighted by Gasteiger charge is -2.35. The monoisotopic (exact) mass is 735 g/mol. The molecule has 4 aromatic rings. The summed E-state index contributed by atoms with van der Waals surface area (Å²) in [5, 5.41) is 3.24. The maximum absolute atomic E-state index is 14.5. The van der Waals surface area contributed by atoms with Gasteiger partial charge in [0.2, 0.25) is 11.8 Å². The first-order chi connectivity index (χ1) is 21.8. The van der Waals surface area contributed by atoms with Gasteiger partial charge in [-0.05, 0) is 83.0 Å². The second-order valence-corrected chi connectivity index (χ2v) is 14.5. The number of hydrogen-bond acceptors (Lipinski definition) is 4. The molecular formula is C36H38IN3O4S. The number of anilines is 1. The zero-order valence-electron chi connectivity index (χ0n) is 25.1. The van der Waals surface area contributed by atoms with Crippen molar-refractivity contribution in [3.8, 4) is 0 Å². The molecule has 1 fully saturated rings. The highest BCUT2D eigenvalue weighted by Crippen LogP contribution is 2.26. The van der Waals surface area contributed by atoms with E-state index in [4.69, 9.17) is 0 Å². The molecule has 1 aliphatic carbocycles. The van der Waals surface area contributed by atoms with Crippen LogP contribution in [0.2, 0.25) is 0 Å². The van der Waals surface area contributed by atoms with E-state index in [1.54, 1.807) is 35.2 Å². The molecule has 1 atom stereocenters. The van der Waals surface area contributed by atoms with Crippen LogP contribution in [-0.4, -0.2) is 43.8 Å². The number of sulfonamides is 1. The molecule has 7 nitrogen and oxygen atoms in total. The number of rotatable bonds is 12. The van der Waals surface area contributed by atoms with Gasteiger partial charge in [-0.15, -0.1) is 0 Å². The van der Waals surface area contributed by atoms with Crippen molar-refractivity contribution < 1.29 is 18.0 Å². The van der Waals surface area contributed by atoms with Crippen molar-refractivity contribution in [2.45, 2.75) is 62.0 Å². The predicted octanol–water partition coefficient (Wildman–Crippen LogP) is 6.58. The molecule has 1 saturated carbocycles. The fraction of sp³-hybridized carbons (Fsp3) is 0.278. The van der Waals surface area contributed by atoms with Crippen LogP contribution in [0.3, 0.4) is 0 Å². The van der Waals surface area contributed by atoms with Crippen LogP contribution in [-0.2, 0) is 32.6 Å². The molecule has 1 aliphatic rings. The Labute approximate surface area is 279 Å². The highest BCUT2D eigenvalue weighted by atomic mass is 127. The fourth-order valence-electron chi connectivity index (χ4n) is 5.73. The lowest BCUT2D eigenvalue weighted by molar-refractivity contribution is -0.140. The van der Waals surface area contributed by atoms with Gasteiger partial charge in [0.25, 0.3) is 10.0 Å². The third kappa shape index (κ3) is 8.73. The molecule has 234 valence electrons. The van der Waals surface area contributed by atoms with Gasteiger partial charge in [-0.1, -0.05) is 98.1 Å². The van der Waals surface area contributed by atoms with Crippen LogP contribution in [0.4, 0.5) is 5.69 Å². The molecular weight excluding hydrogens is 697 g/mol. The molecule has 0 saturated heterocycles. The number of carbonyl (C=O) groups excluding carboxylic acids is 2. The van der Waals surface area contributed by atoms with Crippen molar-refractivity contribution in [2.75, 3.05) is 10.8 Å². The molecule has 0 aliphatic heterocycles. The lowest BCUT2D eigenvalue weighted by Crippen LogP contribution is -2.55. The maximum Gasteiger partial charge on any atom is 0.264 e. The van der Waals surface area contributed by atoms with Gasteiger partial charge in [0, 0.05) is 22.6 Å². The summed E-state index contributed by atoms with van der Waals surface area (Å²) < 4.78 is 30.2. The molecule has 4 aromatic carbocycles. The summed E-state index contributed by atoms with van der Waals surface area (Å²) in [5.41, 5.74) is 2.14. The molecule has 2 amide bonds. The Hall–Kier alpha value is -3.70. The number of benzene rings is 4. The van der Waals surface area contributed by atoms with Gasteiger partial charge in [-0.25, -0.2) is 8.42 Å². The third-order valence-corrected chi connectivity index (χ3v) is 10.7. The summed E-state index contributed by atoms with van der Waals surface area (Å²) in [6.07, 6.45) is 5.39. The molecule has 0 radical (unpaired) electrons. The van der Waals surface area contributed by atoms with Crippen molar-refractivity contribution >= 4 is 50.1 Å². The first kappa shape index (κ1) is 32.7. The van der Waals surface area contributed by atoms with Crippen LogP contribution in [0, 0.1) is 3.57 Å². The van der Waals surface area contributed by atoms with Crippen LogP contribution in [0.5, 0.6) is 0 Å². The molecule has 1 unspecified atom stereocenters. The normalized spacial score (nSPS) is 14.3. The molecule has 0 heterocycles. The van der Waals surface area contributed by atoms with E-state index in [-0.39, 0.29) is 23.4 Å². The topological polar surface area (TPSA) is 86.8 Å². The molecule has 9 heteroatoms. The SMILES string of the molecule is O=C(NC1CCCCC1)C(Cc1ccccc1)N(Cc1ccccc1)C(=O)CN(c1ccc(I)cc1)S(=O)(=O)c1ccccc1. The zero-order chi connectivity index (χ0) is 31.6. The Morgan fingerprint density at radius 1 is 0.756 bits per heavy atom. The number of nitrogens with zero attached hydrogens (tertiary/aromatic N) is 2. The highest BCUT2D eigenvalue weighted by Gasteiger charge is 2.35. The number of amides is 2. The van der Waals surface area contributed by atoms with E-state index in [1.807, 2.05) is 72.8 Å². The van der Waals surface area contributed by atoms with Crippen LogP contribution in [0.15, 0.2) is 120 Å². The van der Waals surface area contributed by atoms with Crippen molar-refractivity contribution in [3.05, 3.63) is 130 Å². The van der Waals surface area contributed by atoms with E-state index in [9.17, 15) is 18.0 Å². The Morgan fingerprint density at radius 3 is 1.91 bits per heavy atom. The van der Waals surface area contributed by atoms with Gasteiger partial charge >= 0.3 is 0 Å². The van der Waals surface area contributed by atoms with Crippen molar-refractivity contribution in [2.24, 2.45) is 0 Å². The van der Waals surface area contributed by atoms with Gasteiger partial charge in [0.15, 0.2) is 0 Å². The van der Waals surface area contributed by atoms with Crippen LogP contribution in [0.1, 0.15) is 43.2 Å². The first-order valence-corrected chi connectivity index (χ1v) is 17.8. The van der Waals surface area contributed by atoms with Crippen LogP contribution >= 0.6 is 22.6 Å². The summed E-state index contributed by atoms with van der Waals surface area (Å²) in [6.45, 7) is -0.312. The average molecular weight is 736 g/mol. The molecule has 5 rings (SSSR count). The standard InChI is InChI=1S/C36H38IN3O4S/c37-30-21-23-32(24-22-30)40(45(43,44)33-19-11-4-12-20-33)27-35(41)39(26-29-15-7-2-8-16-29)34(25-28-13-5-1-6-14-28)36(42)38-31-17-9-3-10-18-31/h1-2,4-8,11-16,19-24,31,34H,3,9-10,17-18,25-27H2,(H,38,42). The van der Waals surface area contributed by atoms with Gasteiger partial charge < -0.3 is 10.2 Å². The summed E-state index contributed by atoms with van der Waals surface area (Å²) in [4.78, 5) is 30.3. The van der Waals surface area contributed by atoms with E-state index >= 15 is 0 Å². The molecule has 1 N–H and O–H groups in total. The largest absolute Gasteiger partial charge is 0.352 e. The maximum atomic E-state index is 14.5. The molecule has 45 heavy (non-hydrogen) atoms. The molecule has 0 bridgehead atoms. The van der Waals surface area contributed by atoms with E-state index in [2.05, 4.69) is 27.9 Å². The second kappa shape index (κ2) is 15.5. The quantitative estimate of drug-likeness (QED) is 0.167. The number of halogens is 1. The number of nitrogens with one attached hydrogen (secondary N) is 1. The van der Waals surface area contributed by atoms with E-state index < -0.39 is 28.5 Å². The number of carbonyl (C=O) groups is 2. The predicted molar refractivity (Wildman–Crippen MR) is 186 cm³/mol. The number of hydrogen-bond donors (Lipinski definition) is 1. The summed E-state index contributed by atoms with van der Waals surface area (Å²) in [5.74, 6) is -0.682. The van der Waals surface area contributed by atoms with E-state index in [0.717, 1.165) is 51.1 Å². The molecule has 0 aromatic heterocycles. The summed E-state index contributed by atoms with van der Waals surface area (Å²) >= 11 is 2.16. The smallest absolute Gasteiger partial charge is 0.264 e. The Kier molecular flexibility index (Phi) is 11.3. The summed E-state index contributed by atoms with van der Waals surface area (Å²) in [7, 11) is -4.11. The zero-order valence-corrected chi connectivity index (χ0v) is 28.1. The highest BCUT2D eigenvalue weighted by molar-refractivity contribution is 14.1. The van der Waals surface area contributed by atoms with Crippen molar-refractivity contribution in [3.63, 3.8) is 0 Å². The Morgan fingerprint density at radius 2 is 1.31 bits per heavy atom. The van der Waals surface area contributed by atoms with E-state index in [1.165, 1.54) is 12.1 Å². The Bertz CT molecular complexity index is 1650. The van der Waals surface area contributed by atoms with Gasteiger partial charge in [-0.2, -0.15) is 0 Å². The Balaban J connectivity index is 1.54. The first-order valence-electron chi connectivity index (χ1n) is 15.3. The van der Waals surface area contributed by atoms with E-state index in [0.29, 0.717) is 12.1 Å². The van der Waals surface area contributed by atoms with Gasteiger partial charge in [0.1, 0.15) is 12.6 Å². The van der Waals surface area contributed by atoms with Crippen LogP contribution in [0.25, 0.3) is 0 Å². The second-order valence-electron chi connectivity index (χ2n) is 11.4. The van der Waals surface area contributed by atoms with Crippen molar-refractivity contribution in [1.82, 2.24) is 10.2 Å². The average Bonchev–Trinajstić information content (AvgIpc) is 3.07. The third-order valence-electron chi connectivity index (χ3n) is 8.14. The minimum absolute atomic E-state index is 0.0555. The van der Waals surface area contributed by atoms with Gasteiger partial charge in [-0.3, -0.25) is 13.9 Å². The lowest BCUT2D eigenvalue weighted by atomic mass is 9.94. The van der Waals surface area contributed by atoms with Crippen molar-refractivity contribution in [1.29, 1.82) is 0 Å². The fourth-order valence-corrected chi connectivity index (χ4v) is 7.53. The van der Waals surface area contributed by atoms with Gasteiger partial charge in [0.05, 0.1) is 10.6 Å². The minimum atomic E-state index is -4.11. The minimum Gasteiger partial charge on any atom is -0.352 e. The molecule has 0 spiro atoms.